The van der Waals surface area contributed by atoms with Gasteiger partial charge in [0, 0.05) is 37.6 Å². The molecule has 1 fully saturated rings. The first-order valence-corrected chi connectivity index (χ1v) is 10.6. The summed E-state index contributed by atoms with van der Waals surface area (Å²) in [7, 11) is 0. The van der Waals surface area contributed by atoms with Gasteiger partial charge in [-0.25, -0.2) is 4.79 Å². The van der Waals surface area contributed by atoms with Crippen molar-refractivity contribution in [1.82, 2.24) is 14.9 Å². The summed E-state index contributed by atoms with van der Waals surface area (Å²) in [6.07, 6.45) is 1.36. The largest absolute Gasteiger partial charge is 0.479 e. The number of nitrogens with zero attached hydrogens (tertiary/aromatic N) is 2. The molecule has 0 aliphatic carbocycles. The van der Waals surface area contributed by atoms with Crippen molar-refractivity contribution in [1.29, 1.82) is 0 Å². The number of piperidine rings is 1. The lowest BCUT2D eigenvalue weighted by Crippen LogP contribution is -2.59. The van der Waals surface area contributed by atoms with Crippen molar-refractivity contribution in [2.24, 2.45) is 11.3 Å². The second-order valence-corrected chi connectivity index (χ2v) is 9.70. The van der Waals surface area contributed by atoms with E-state index in [2.05, 4.69) is 54.7 Å². The van der Waals surface area contributed by atoms with Crippen molar-refractivity contribution < 1.29 is 14.6 Å². The number of rotatable bonds is 6. The van der Waals surface area contributed by atoms with Crippen molar-refractivity contribution >= 4 is 17.0 Å². The Labute approximate surface area is 173 Å². The molecule has 0 unspecified atom stereocenters. The zero-order chi connectivity index (χ0) is 21.4. The van der Waals surface area contributed by atoms with Gasteiger partial charge in [-0.1, -0.05) is 27.7 Å². The number of aromatic nitrogens is 2. The minimum Gasteiger partial charge on any atom is -0.479 e. The highest BCUT2D eigenvalue weighted by Crippen LogP contribution is 2.39. The van der Waals surface area contributed by atoms with E-state index in [4.69, 9.17) is 4.74 Å². The Morgan fingerprint density at radius 3 is 2.72 bits per heavy atom. The zero-order valence-corrected chi connectivity index (χ0v) is 18.6. The Bertz CT molecular complexity index is 844. The van der Waals surface area contributed by atoms with Crippen LogP contribution < -0.4 is 0 Å². The van der Waals surface area contributed by atoms with E-state index in [1.54, 1.807) is 0 Å². The molecule has 0 saturated carbocycles. The number of likely N-dealkylation sites (tertiary alicyclic amines) is 1. The Balaban J connectivity index is 1.89. The summed E-state index contributed by atoms with van der Waals surface area (Å²) in [4.78, 5) is 22.7. The van der Waals surface area contributed by atoms with Crippen molar-refractivity contribution in [3.8, 4) is 0 Å². The van der Waals surface area contributed by atoms with Crippen LogP contribution >= 0.6 is 0 Å². The lowest BCUT2D eigenvalue weighted by atomic mass is 9.71. The van der Waals surface area contributed by atoms with E-state index in [0.717, 1.165) is 41.0 Å². The van der Waals surface area contributed by atoms with Crippen LogP contribution in [0, 0.1) is 25.2 Å². The lowest BCUT2D eigenvalue weighted by Gasteiger charge is -2.47. The van der Waals surface area contributed by atoms with Crippen LogP contribution in [0.3, 0.4) is 0 Å². The van der Waals surface area contributed by atoms with Crippen LogP contribution in [0.4, 0.5) is 0 Å². The van der Waals surface area contributed by atoms with Crippen LogP contribution in [-0.4, -0.2) is 51.2 Å². The third-order valence-corrected chi connectivity index (χ3v) is 6.23. The van der Waals surface area contributed by atoms with Gasteiger partial charge in [0.1, 0.15) is 0 Å². The van der Waals surface area contributed by atoms with Crippen molar-refractivity contribution in [3.05, 3.63) is 29.1 Å². The Morgan fingerprint density at radius 2 is 2.10 bits per heavy atom. The van der Waals surface area contributed by atoms with Crippen LogP contribution in [0.1, 0.15) is 57.5 Å². The van der Waals surface area contributed by atoms with E-state index >= 15 is 0 Å². The monoisotopic (exact) mass is 401 g/mol. The molecule has 0 spiro atoms. The molecular formula is C23H35N3O3. The SMILES string of the molecule is CCCO[C@@]1(C(=O)O)C[C@@H](C(C)(C)C)CN(Cc2cc3nc(C)c(C)cc3[nH]2)C1. The van der Waals surface area contributed by atoms with Gasteiger partial charge in [-0.05, 0) is 55.7 Å². The van der Waals surface area contributed by atoms with E-state index in [1.807, 2.05) is 13.8 Å². The summed E-state index contributed by atoms with van der Waals surface area (Å²) >= 11 is 0. The molecule has 2 aromatic rings. The molecule has 6 heteroatoms. The summed E-state index contributed by atoms with van der Waals surface area (Å²) in [6, 6.07) is 4.21. The Morgan fingerprint density at radius 1 is 1.38 bits per heavy atom. The third-order valence-electron chi connectivity index (χ3n) is 6.23. The zero-order valence-electron chi connectivity index (χ0n) is 18.6. The first-order chi connectivity index (χ1) is 13.5. The number of hydrogen-bond donors (Lipinski definition) is 2. The number of carboxylic acid groups (broad SMARTS) is 1. The van der Waals surface area contributed by atoms with Gasteiger partial charge in [0.05, 0.1) is 11.0 Å². The molecular weight excluding hydrogens is 366 g/mol. The number of carbonyl (C=O) groups is 1. The normalized spacial score (nSPS) is 23.6. The fourth-order valence-corrected chi connectivity index (χ4v) is 4.22. The third kappa shape index (κ3) is 4.64. The number of hydrogen-bond acceptors (Lipinski definition) is 4. The van der Waals surface area contributed by atoms with E-state index in [9.17, 15) is 9.90 Å². The number of fused-ring (bicyclic) bond motifs is 1. The fraction of sp³-hybridized carbons (Fsp3) is 0.652. The molecule has 2 N–H and O–H groups in total. The highest BCUT2D eigenvalue weighted by molar-refractivity contribution is 5.78. The van der Waals surface area contributed by atoms with Crippen LogP contribution in [0.2, 0.25) is 0 Å². The van der Waals surface area contributed by atoms with Gasteiger partial charge in [0.25, 0.3) is 0 Å². The number of nitrogens with one attached hydrogen (secondary N) is 1. The number of pyridine rings is 1. The summed E-state index contributed by atoms with van der Waals surface area (Å²) < 4.78 is 6.00. The number of aryl methyl sites for hydroxylation is 2. The molecule has 29 heavy (non-hydrogen) atoms. The molecule has 160 valence electrons. The average molecular weight is 402 g/mol. The predicted octanol–water partition coefficient (Wildman–Crippen LogP) is 4.30. The average Bonchev–Trinajstić information content (AvgIpc) is 3.00. The molecule has 1 aliphatic heterocycles. The van der Waals surface area contributed by atoms with Crippen molar-refractivity contribution in [3.63, 3.8) is 0 Å². The van der Waals surface area contributed by atoms with Gasteiger partial charge in [-0.15, -0.1) is 0 Å². The molecule has 1 saturated heterocycles. The quantitative estimate of drug-likeness (QED) is 0.755. The molecule has 0 bridgehead atoms. The maximum absolute atomic E-state index is 12.3. The summed E-state index contributed by atoms with van der Waals surface area (Å²) in [5.74, 6) is -0.620. The molecule has 0 radical (unpaired) electrons. The van der Waals surface area contributed by atoms with Gasteiger partial charge >= 0.3 is 5.97 Å². The van der Waals surface area contributed by atoms with Gasteiger partial charge < -0.3 is 14.8 Å². The molecule has 0 amide bonds. The second kappa shape index (κ2) is 8.07. The summed E-state index contributed by atoms with van der Waals surface area (Å²) in [5, 5.41) is 10.1. The van der Waals surface area contributed by atoms with E-state index in [0.29, 0.717) is 26.1 Å². The van der Waals surface area contributed by atoms with Crippen LogP contribution in [0.25, 0.3) is 11.0 Å². The number of carboxylic acids is 1. The first kappa shape index (κ1) is 21.8. The molecule has 3 heterocycles. The summed E-state index contributed by atoms with van der Waals surface area (Å²) in [6.45, 7) is 15.0. The highest BCUT2D eigenvalue weighted by Gasteiger charge is 2.49. The van der Waals surface area contributed by atoms with Crippen molar-refractivity contribution in [2.45, 2.75) is 66.5 Å². The standard InChI is InChI=1S/C23H35N3O3/c1-7-8-29-23(21(27)28)11-17(22(4,5)6)12-26(14-23)13-18-10-20-19(25-18)9-15(2)16(3)24-20/h9-10,17,25H,7-8,11-14H2,1-6H3,(H,27,28)/t17-,23+/m1/s1. The maximum atomic E-state index is 12.3. The second-order valence-electron chi connectivity index (χ2n) is 9.70. The van der Waals surface area contributed by atoms with Gasteiger partial charge in [-0.3, -0.25) is 9.88 Å². The number of aromatic amines is 1. The smallest absolute Gasteiger partial charge is 0.337 e. The molecule has 2 aromatic heterocycles. The van der Waals surface area contributed by atoms with Crippen LogP contribution in [0.5, 0.6) is 0 Å². The molecule has 6 nitrogen and oxygen atoms in total. The fourth-order valence-electron chi connectivity index (χ4n) is 4.22. The minimum absolute atomic E-state index is 0.00513. The lowest BCUT2D eigenvalue weighted by molar-refractivity contribution is -0.181. The maximum Gasteiger partial charge on any atom is 0.337 e. The van der Waals surface area contributed by atoms with E-state index in [-0.39, 0.29) is 11.3 Å². The predicted molar refractivity (Wildman–Crippen MR) is 115 cm³/mol. The van der Waals surface area contributed by atoms with E-state index < -0.39 is 11.6 Å². The Hall–Kier alpha value is -1.92. The number of H-pyrrole nitrogens is 1. The van der Waals surface area contributed by atoms with Crippen LogP contribution in [0.15, 0.2) is 12.1 Å². The van der Waals surface area contributed by atoms with Gasteiger partial charge in [0.15, 0.2) is 5.60 Å². The summed E-state index contributed by atoms with van der Waals surface area (Å²) in [5.41, 5.74) is 4.09. The molecule has 1 aliphatic rings. The molecule has 3 rings (SSSR count). The first-order valence-electron chi connectivity index (χ1n) is 10.6. The van der Waals surface area contributed by atoms with Gasteiger partial charge in [0.2, 0.25) is 0 Å². The van der Waals surface area contributed by atoms with Gasteiger partial charge in [-0.2, -0.15) is 0 Å². The van der Waals surface area contributed by atoms with E-state index in [1.165, 1.54) is 0 Å². The molecule has 0 aromatic carbocycles. The highest BCUT2D eigenvalue weighted by atomic mass is 16.5. The minimum atomic E-state index is -1.15. The van der Waals surface area contributed by atoms with Crippen molar-refractivity contribution in [2.75, 3.05) is 19.7 Å². The number of aliphatic carboxylic acids is 1. The molecule has 2 atom stereocenters. The Kier molecular flexibility index (Phi) is 6.06. The number of ether oxygens (including phenoxy) is 1. The topological polar surface area (TPSA) is 78.5 Å². The van der Waals surface area contributed by atoms with Crippen LogP contribution in [-0.2, 0) is 16.1 Å².